The molecule has 7 N–H and O–H groups in total. The first-order valence-electron chi connectivity index (χ1n) is 20.9. The zero-order chi connectivity index (χ0) is 47.7. The molecule has 1 aliphatic heterocycles. The number of anilines is 4. The van der Waals surface area contributed by atoms with E-state index >= 15 is 0 Å². The second-order valence-corrected chi connectivity index (χ2v) is 19.9. The molecular formula is C51H80BrN9O6S2. The summed E-state index contributed by atoms with van der Waals surface area (Å²) in [6.07, 6.45) is 1.15. The molecule has 0 saturated carbocycles. The van der Waals surface area contributed by atoms with Crippen molar-refractivity contribution in [1.29, 1.82) is 0 Å². The number of primary amides is 1. The molecule has 5 aromatic rings. The Bertz CT molecular complexity index is 2550. The minimum absolute atomic E-state index is 0. The Morgan fingerprint density at radius 1 is 0.913 bits per heavy atom. The van der Waals surface area contributed by atoms with Crippen molar-refractivity contribution in [3.63, 3.8) is 0 Å². The number of nitrogens with two attached hydrogens (primary N) is 1. The number of aliphatic hydroxyl groups excluding tert-OH is 1. The first kappa shape index (κ1) is 65.8. The predicted octanol–water partition coefficient (Wildman–Crippen LogP) is 11.5. The SMILES string of the molecule is C.C.C.C.C.CC.CNS(=O)(=O)c1ccc(Nc2ncc(Br)c(Nc3cccc(C)c3C(N)=O)n2)cc1C.Cc1ncsc1-c1ccc([C@H](C)NC(=O)C2C[C@@H](O)CN2C(=O)[C@@H](C)C(C)(C)C)cc1. The number of benzene rings is 3. The lowest BCUT2D eigenvalue weighted by Crippen LogP contribution is -2.49. The van der Waals surface area contributed by atoms with Crippen LogP contribution in [0, 0.1) is 32.1 Å². The average molecular weight is 1060 g/mol. The molecule has 6 rings (SSSR count). The molecule has 18 heteroatoms. The van der Waals surface area contributed by atoms with Gasteiger partial charge in [-0.25, -0.2) is 23.1 Å². The maximum Gasteiger partial charge on any atom is 0.251 e. The fraction of sp³-hybridized carbons (Fsp3) is 0.451. The van der Waals surface area contributed by atoms with Gasteiger partial charge < -0.3 is 31.7 Å². The van der Waals surface area contributed by atoms with E-state index in [1.807, 2.05) is 91.2 Å². The summed E-state index contributed by atoms with van der Waals surface area (Å²) in [5.74, 6) is -0.384. The standard InChI is InChI=1S/C24H33N3O3S.C20H21BrN6O3S.C2H6.5CH4/c1-14(24(4,5)6)23(30)27-12-19(28)11-20(27)22(29)26-15(2)17-7-9-18(10-8-17)21-16(3)25-13-31-21;1-11-5-4-6-15(17(11)18(22)28)26-19-14(21)10-24-20(27-19)25-13-7-8-16(12(2)9-13)31(29,30)23-3;1-2;;;;;/h7-10,13-15,19-20,28H,11-12H2,1-6H3,(H,26,29);4-10,23H,1-3H3,(H2,22,28)(H2,24,25,26,27);1-2H3;5*1H4/t14-,15+,19-,20?;;;;;;;/m1......./s1. The van der Waals surface area contributed by atoms with Crippen molar-refractivity contribution in [2.24, 2.45) is 17.1 Å². The molecule has 3 aromatic carbocycles. The molecule has 0 aliphatic carbocycles. The van der Waals surface area contributed by atoms with Gasteiger partial charge >= 0.3 is 0 Å². The van der Waals surface area contributed by atoms with Gasteiger partial charge in [-0.2, -0.15) is 4.98 Å². The molecule has 1 aliphatic rings. The minimum atomic E-state index is -3.54. The normalized spacial score (nSPS) is 14.6. The van der Waals surface area contributed by atoms with Crippen LogP contribution in [0.3, 0.4) is 0 Å². The Kier molecular flexibility index (Phi) is 27.1. The number of carbonyl (C=O) groups is 3. The highest BCUT2D eigenvalue weighted by atomic mass is 79.9. The summed E-state index contributed by atoms with van der Waals surface area (Å²) < 4.78 is 27.0. The highest BCUT2D eigenvalue weighted by Crippen LogP contribution is 2.32. The van der Waals surface area contributed by atoms with E-state index in [0.29, 0.717) is 32.8 Å². The zero-order valence-corrected chi connectivity index (χ0v) is 41.4. The fourth-order valence-corrected chi connectivity index (χ4v) is 8.88. The molecule has 384 valence electrons. The lowest BCUT2D eigenvalue weighted by molar-refractivity contribution is -0.144. The number of aryl methyl sites for hydroxylation is 3. The molecule has 69 heavy (non-hydrogen) atoms. The van der Waals surface area contributed by atoms with E-state index in [2.05, 4.69) is 51.6 Å². The molecule has 3 amide bonds. The van der Waals surface area contributed by atoms with Crippen molar-refractivity contribution in [2.45, 2.75) is 136 Å². The van der Waals surface area contributed by atoms with Crippen molar-refractivity contribution in [1.82, 2.24) is 29.9 Å². The van der Waals surface area contributed by atoms with Gasteiger partial charge in [0.1, 0.15) is 11.9 Å². The van der Waals surface area contributed by atoms with E-state index in [0.717, 1.165) is 27.3 Å². The average Bonchev–Trinajstić information content (AvgIpc) is 3.87. The third-order valence-electron chi connectivity index (χ3n) is 10.8. The molecule has 0 radical (unpaired) electrons. The van der Waals surface area contributed by atoms with Crippen LogP contribution < -0.4 is 26.4 Å². The van der Waals surface area contributed by atoms with E-state index in [4.69, 9.17) is 5.73 Å². The van der Waals surface area contributed by atoms with Crippen LogP contribution in [-0.4, -0.2) is 76.8 Å². The lowest BCUT2D eigenvalue weighted by Gasteiger charge is -2.33. The Labute approximate surface area is 426 Å². The van der Waals surface area contributed by atoms with Gasteiger partial charge in [0, 0.05) is 30.8 Å². The van der Waals surface area contributed by atoms with Gasteiger partial charge in [0.05, 0.1) is 48.8 Å². The van der Waals surface area contributed by atoms with E-state index in [1.54, 1.807) is 60.5 Å². The van der Waals surface area contributed by atoms with Gasteiger partial charge in [0.2, 0.25) is 27.8 Å². The van der Waals surface area contributed by atoms with Gasteiger partial charge in [0.15, 0.2) is 0 Å². The molecule has 2 aromatic heterocycles. The zero-order valence-electron chi connectivity index (χ0n) is 38.2. The molecule has 3 heterocycles. The maximum absolute atomic E-state index is 13.0. The van der Waals surface area contributed by atoms with E-state index in [-0.39, 0.29) is 90.1 Å². The lowest BCUT2D eigenvalue weighted by atomic mass is 9.81. The Morgan fingerprint density at radius 2 is 1.54 bits per heavy atom. The molecule has 1 saturated heterocycles. The van der Waals surface area contributed by atoms with Gasteiger partial charge in [-0.1, -0.05) is 115 Å². The highest BCUT2D eigenvalue weighted by Gasteiger charge is 2.42. The molecule has 0 spiro atoms. The van der Waals surface area contributed by atoms with Gasteiger partial charge in [-0.05, 0) is 103 Å². The van der Waals surface area contributed by atoms with Crippen LogP contribution in [-0.2, 0) is 19.6 Å². The summed E-state index contributed by atoms with van der Waals surface area (Å²) in [7, 11) is -2.18. The quantitative estimate of drug-likeness (QED) is 0.0690. The van der Waals surface area contributed by atoms with Crippen LogP contribution in [0.2, 0.25) is 0 Å². The maximum atomic E-state index is 13.0. The second-order valence-electron chi connectivity index (χ2n) is 16.3. The number of β-amino-alcohol motifs (C(OH)–C–C–N with tert-alkyl or cyclic N) is 1. The van der Waals surface area contributed by atoms with Gasteiger partial charge in [-0.3, -0.25) is 14.4 Å². The number of aromatic nitrogens is 3. The van der Waals surface area contributed by atoms with Crippen LogP contribution in [0.5, 0.6) is 0 Å². The van der Waals surface area contributed by atoms with Crippen LogP contribution in [0.4, 0.5) is 23.1 Å². The number of carbonyl (C=O) groups excluding carboxylic acids is 3. The monoisotopic (exact) mass is 1060 g/mol. The first-order chi connectivity index (χ1) is 30.1. The second kappa shape index (κ2) is 28.4. The molecular weight excluding hydrogens is 979 g/mol. The summed E-state index contributed by atoms with van der Waals surface area (Å²) in [4.78, 5) is 53.8. The summed E-state index contributed by atoms with van der Waals surface area (Å²) in [6, 6.07) is 17.4. The number of hydrogen-bond donors (Lipinski definition) is 6. The van der Waals surface area contributed by atoms with Crippen molar-refractivity contribution >= 4 is 78.2 Å². The predicted molar refractivity (Wildman–Crippen MR) is 292 cm³/mol. The number of amides is 3. The number of aliphatic hydroxyl groups is 1. The molecule has 1 fully saturated rings. The Morgan fingerprint density at radius 3 is 2.07 bits per heavy atom. The molecule has 4 atom stereocenters. The highest BCUT2D eigenvalue weighted by molar-refractivity contribution is 9.10. The minimum Gasteiger partial charge on any atom is -0.391 e. The number of nitrogens with one attached hydrogen (secondary N) is 4. The van der Waals surface area contributed by atoms with Crippen molar-refractivity contribution < 1.29 is 27.9 Å². The van der Waals surface area contributed by atoms with Crippen molar-refractivity contribution in [3.05, 3.63) is 105 Å². The van der Waals surface area contributed by atoms with Gasteiger partial charge in [0.25, 0.3) is 5.91 Å². The Hall–Kier alpha value is -5.27. The third-order valence-corrected chi connectivity index (χ3v) is 13.9. The number of thiazole rings is 1. The number of likely N-dealkylation sites (tertiary alicyclic amines) is 1. The van der Waals surface area contributed by atoms with E-state index in [1.165, 1.54) is 13.1 Å². The van der Waals surface area contributed by atoms with Crippen LogP contribution in [0.25, 0.3) is 10.4 Å². The summed E-state index contributed by atoms with van der Waals surface area (Å²) in [5.41, 5.74) is 13.1. The smallest absolute Gasteiger partial charge is 0.251 e. The number of halogens is 1. The van der Waals surface area contributed by atoms with E-state index in [9.17, 15) is 27.9 Å². The summed E-state index contributed by atoms with van der Waals surface area (Å²) in [5, 5.41) is 19.4. The number of nitrogens with zero attached hydrogens (tertiary/aromatic N) is 4. The summed E-state index contributed by atoms with van der Waals surface area (Å²) >= 11 is 5.01. The first-order valence-corrected chi connectivity index (χ1v) is 24.1. The van der Waals surface area contributed by atoms with Gasteiger partial charge in [-0.15, -0.1) is 11.3 Å². The topological polar surface area (TPSA) is 222 Å². The number of sulfonamides is 1. The van der Waals surface area contributed by atoms with Crippen molar-refractivity contribution in [3.8, 4) is 10.4 Å². The molecule has 1 unspecified atom stereocenters. The Balaban J connectivity index is 0. The van der Waals surface area contributed by atoms with Crippen LogP contribution >= 0.6 is 27.3 Å². The number of rotatable bonds is 12. The molecule has 15 nitrogen and oxygen atoms in total. The van der Waals surface area contributed by atoms with Crippen LogP contribution in [0.15, 0.2) is 81.7 Å². The van der Waals surface area contributed by atoms with E-state index < -0.39 is 28.1 Å². The van der Waals surface area contributed by atoms with Crippen molar-refractivity contribution in [2.75, 3.05) is 24.2 Å². The summed E-state index contributed by atoms with van der Waals surface area (Å²) in [6.45, 7) is 19.5. The number of hydrogen-bond acceptors (Lipinski definition) is 12. The third kappa shape index (κ3) is 16.7. The fourth-order valence-electron chi connectivity index (χ4n) is 6.83. The molecule has 0 bridgehead atoms. The largest absolute Gasteiger partial charge is 0.391 e. The van der Waals surface area contributed by atoms with Crippen LogP contribution in [0.1, 0.15) is 131 Å².